The topological polar surface area (TPSA) is 66.4 Å². The van der Waals surface area contributed by atoms with Gasteiger partial charge in [-0.15, -0.1) is 24.0 Å². The number of benzene rings is 1. The molecule has 1 aromatic rings. The van der Waals surface area contributed by atoms with E-state index in [0.717, 1.165) is 11.5 Å². The molecule has 160 valence electrons. The highest BCUT2D eigenvalue weighted by Gasteiger charge is 2.21. The lowest BCUT2D eigenvalue weighted by Crippen LogP contribution is -2.45. The molecule has 28 heavy (non-hydrogen) atoms. The van der Waals surface area contributed by atoms with Crippen molar-refractivity contribution >= 4 is 36.0 Å². The van der Waals surface area contributed by atoms with Gasteiger partial charge in [0.2, 0.25) is 0 Å². The molecule has 0 aliphatic rings. The fourth-order valence-electron chi connectivity index (χ4n) is 2.23. The van der Waals surface area contributed by atoms with Crippen molar-refractivity contribution in [1.82, 2.24) is 15.1 Å². The molecule has 0 unspecified atom stereocenters. The second-order valence-corrected chi connectivity index (χ2v) is 7.41. The highest BCUT2D eigenvalue weighted by atomic mass is 127. The van der Waals surface area contributed by atoms with E-state index in [0.29, 0.717) is 32.8 Å². The Morgan fingerprint density at radius 2 is 1.79 bits per heavy atom. The molecule has 0 saturated heterocycles. The van der Waals surface area contributed by atoms with Gasteiger partial charge in [0.15, 0.2) is 5.96 Å². The quantitative estimate of drug-likeness (QED) is 0.333. The molecule has 1 rings (SSSR count). The molecule has 1 amide bonds. The number of halogens is 1. The number of nitrogens with one attached hydrogen (secondary N) is 1. The minimum atomic E-state index is -0.526. The first-order valence-corrected chi connectivity index (χ1v) is 9.19. The molecular weight excluding hydrogens is 471 g/mol. The van der Waals surface area contributed by atoms with Crippen molar-refractivity contribution in [2.45, 2.75) is 32.9 Å². The number of hydrogen-bond acceptors (Lipinski definition) is 4. The normalized spacial score (nSPS) is 11.4. The zero-order valence-electron chi connectivity index (χ0n) is 17.9. The first-order chi connectivity index (χ1) is 12.7. The SMILES string of the molecule is COCCN(CCNC(=NCc1ccccc1)N(C)C)C(=O)OC(C)(C)C.I. The Labute approximate surface area is 186 Å². The average Bonchev–Trinajstić information content (AvgIpc) is 2.59. The molecule has 0 bridgehead atoms. The summed E-state index contributed by atoms with van der Waals surface area (Å²) < 4.78 is 10.6. The van der Waals surface area contributed by atoms with E-state index in [1.54, 1.807) is 12.0 Å². The van der Waals surface area contributed by atoms with Crippen molar-refractivity contribution in [2.24, 2.45) is 4.99 Å². The lowest BCUT2D eigenvalue weighted by atomic mass is 10.2. The van der Waals surface area contributed by atoms with Gasteiger partial charge in [-0.25, -0.2) is 9.79 Å². The van der Waals surface area contributed by atoms with E-state index < -0.39 is 5.60 Å². The van der Waals surface area contributed by atoms with E-state index in [-0.39, 0.29) is 30.1 Å². The van der Waals surface area contributed by atoms with Gasteiger partial charge in [-0.3, -0.25) is 0 Å². The summed E-state index contributed by atoms with van der Waals surface area (Å²) in [7, 11) is 5.49. The molecule has 0 radical (unpaired) electrons. The number of carbonyl (C=O) groups is 1. The highest BCUT2D eigenvalue weighted by Crippen LogP contribution is 2.09. The number of rotatable bonds is 8. The van der Waals surface area contributed by atoms with Gasteiger partial charge in [0, 0.05) is 40.8 Å². The van der Waals surface area contributed by atoms with Gasteiger partial charge >= 0.3 is 6.09 Å². The van der Waals surface area contributed by atoms with Crippen molar-refractivity contribution in [2.75, 3.05) is 47.4 Å². The molecule has 1 N–H and O–H groups in total. The molecule has 0 saturated carbocycles. The average molecular weight is 506 g/mol. The molecule has 0 aromatic heterocycles. The van der Waals surface area contributed by atoms with E-state index in [1.165, 1.54) is 0 Å². The number of carbonyl (C=O) groups excluding carboxylic acids is 1. The van der Waals surface area contributed by atoms with Crippen LogP contribution in [0.2, 0.25) is 0 Å². The van der Waals surface area contributed by atoms with E-state index in [4.69, 9.17) is 9.47 Å². The zero-order chi connectivity index (χ0) is 20.3. The first kappa shape index (κ1) is 26.4. The number of nitrogens with zero attached hydrogens (tertiary/aromatic N) is 3. The van der Waals surface area contributed by atoms with Crippen molar-refractivity contribution < 1.29 is 14.3 Å². The monoisotopic (exact) mass is 506 g/mol. The lowest BCUT2D eigenvalue weighted by molar-refractivity contribution is 0.0206. The molecule has 0 spiro atoms. The van der Waals surface area contributed by atoms with Crippen LogP contribution >= 0.6 is 24.0 Å². The molecule has 8 heteroatoms. The highest BCUT2D eigenvalue weighted by molar-refractivity contribution is 14.0. The van der Waals surface area contributed by atoms with Crippen LogP contribution in [0.3, 0.4) is 0 Å². The number of amides is 1. The fraction of sp³-hybridized carbons (Fsp3) is 0.600. The van der Waals surface area contributed by atoms with E-state index >= 15 is 0 Å². The van der Waals surface area contributed by atoms with Crippen molar-refractivity contribution in [3.8, 4) is 0 Å². The number of ether oxygens (including phenoxy) is 2. The predicted octanol–water partition coefficient (Wildman–Crippen LogP) is 3.20. The molecule has 0 atom stereocenters. The minimum Gasteiger partial charge on any atom is -0.444 e. The number of aliphatic imine (C=N–C) groups is 1. The summed E-state index contributed by atoms with van der Waals surface area (Å²) in [6.07, 6.45) is -0.339. The van der Waals surface area contributed by atoms with Gasteiger partial charge in [-0.1, -0.05) is 30.3 Å². The Hall–Kier alpha value is -1.55. The fourth-order valence-corrected chi connectivity index (χ4v) is 2.23. The summed E-state index contributed by atoms with van der Waals surface area (Å²) in [5.74, 6) is 0.773. The Morgan fingerprint density at radius 3 is 2.32 bits per heavy atom. The molecule has 0 fully saturated rings. The Kier molecular flexibility index (Phi) is 12.8. The van der Waals surface area contributed by atoms with Crippen LogP contribution < -0.4 is 5.32 Å². The Balaban J connectivity index is 0.00000729. The van der Waals surface area contributed by atoms with Crippen molar-refractivity contribution in [3.05, 3.63) is 35.9 Å². The van der Waals surface area contributed by atoms with Gasteiger partial charge in [-0.2, -0.15) is 0 Å². The van der Waals surface area contributed by atoms with Crippen LogP contribution in [-0.2, 0) is 16.0 Å². The van der Waals surface area contributed by atoms with Crippen LogP contribution in [-0.4, -0.2) is 74.9 Å². The van der Waals surface area contributed by atoms with Crippen LogP contribution in [0.1, 0.15) is 26.3 Å². The molecule has 7 nitrogen and oxygen atoms in total. The summed E-state index contributed by atoms with van der Waals surface area (Å²) in [5, 5.41) is 3.30. The smallest absolute Gasteiger partial charge is 0.410 e. The zero-order valence-corrected chi connectivity index (χ0v) is 20.2. The van der Waals surface area contributed by atoms with Crippen LogP contribution in [0, 0.1) is 0 Å². The molecular formula is C20H35IN4O3. The molecule has 0 aliphatic carbocycles. The van der Waals surface area contributed by atoms with Crippen molar-refractivity contribution in [3.63, 3.8) is 0 Å². The number of guanidine groups is 1. The number of hydrogen-bond donors (Lipinski definition) is 1. The summed E-state index contributed by atoms with van der Waals surface area (Å²) in [6, 6.07) is 10.1. The summed E-state index contributed by atoms with van der Waals surface area (Å²) in [4.78, 5) is 20.6. The van der Waals surface area contributed by atoms with Gasteiger partial charge in [0.1, 0.15) is 5.60 Å². The van der Waals surface area contributed by atoms with Crippen LogP contribution in [0.4, 0.5) is 4.79 Å². The minimum absolute atomic E-state index is 0. The summed E-state index contributed by atoms with van der Waals surface area (Å²) in [5.41, 5.74) is 0.621. The second kappa shape index (κ2) is 13.6. The van der Waals surface area contributed by atoms with Gasteiger partial charge in [-0.05, 0) is 26.3 Å². The largest absolute Gasteiger partial charge is 0.444 e. The third kappa shape index (κ3) is 11.3. The van der Waals surface area contributed by atoms with Crippen molar-refractivity contribution in [1.29, 1.82) is 0 Å². The predicted molar refractivity (Wildman–Crippen MR) is 124 cm³/mol. The Bertz CT molecular complexity index is 589. The van der Waals surface area contributed by atoms with Gasteiger partial charge in [0.05, 0.1) is 13.2 Å². The maximum atomic E-state index is 12.4. The summed E-state index contributed by atoms with van der Waals surface area (Å²) in [6.45, 7) is 8.17. The molecule has 1 aromatic carbocycles. The second-order valence-electron chi connectivity index (χ2n) is 7.41. The van der Waals surface area contributed by atoms with E-state index in [1.807, 2.05) is 70.1 Å². The third-order valence-corrected chi connectivity index (χ3v) is 3.56. The first-order valence-electron chi connectivity index (χ1n) is 9.19. The van der Waals surface area contributed by atoms with Gasteiger partial charge in [0.25, 0.3) is 0 Å². The standard InChI is InChI=1S/C20H34N4O3.HI/c1-20(2,3)27-19(25)24(14-15-26-6)13-12-21-18(23(4)5)22-16-17-10-8-7-9-11-17;/h7-11H,12-16H2,1-6H3,(H,21,22);1H. The lowest BCUT2D eigenvalue weighted by Gasteiger charge is -2.28. The van der Waals surface area contributed by atoms with Crippen LogP contribution in [0.5, 0.6) is 0 Å². The third-order valence-electron chi connectivity index (χ3n) is 3.56. The van der Waals surface area contributed by atoms with E-state index in [9.17, 15) is 4.79 Å². The Morgan fingerprint density at radius 1 is 1.14 bits per heavy atom. The van der Waals surface area contributed by atoms with Gasteiger partial charge < -0.3 is 24.6 Å². The molecule has 0 heterocycles. The van der Waals surface area contributed by atoms with Crippen LogP contribution in [0.15, 0.2) is 35.3 Å². The maximum Gasteiger partial charge on any atom is 0.410 e. The molecule has 0 aliphatic heterocycles. The van der Waals surface area contributed by atoms with E-state index in [2.05, 4.69) is 10.3 Å². The van der Waals surface area contributed by atoms with Crippen LogP contribution in [0.25, 0.3) is 0 Å². The summed E-state index contributed by atoms with van der Waals surface area (Å²) >= 11 is 0. The maximum absolute atomic E-state index is 12.4. The number of methoxy groups -OCH3 is 1.